The third-order valence-corrected chi connectivity index (χ3v) is 4.76. The van der Waals surface area contributed by atoms with E-state index >= 15 is 0 Å². The van der Waals surface area contributed by atoms with Crippen LogP contribution in [0.4, 0.5) is 0 Å². The van der Waals surface area contributed by atoms with Crippen LogP contribution in [0.5, 0.6) is 17.2 Å². The topological polar surface area (TPSA) is 82.8 Å². The molecule has 2 rings (SSSR count). The first kappa shape index (κ1) is 18.4. The Hall–Kier alpha value is -1.95. The molecule has 0 spiro atoms. The Morgan fingerprint density at radius 2 is 1.79 bits per heavy atom. The molecule has 6 heteroatoms. The van der Waals surface area contributed by atoms with Crippen molar-refractivity contribution < 1.29 is 19.0 Å². The highest BCUT2D eigenvalue weighted by molar-refractivity contribution is 5.77. The molecule has 0 unspecified atom stereocenters. The Morgan fingerprint density at radius 3 is 2.33 bits per heavy atom. The number of methoxy groups -OCH3 is 3. The van der Waals surface area contributed by atoms with Gasteiger partial charge in [0, 0.05) is 13.0 Å². The molecular weight excluding hydrogens is 308 g/mol. The summed E-state index contributed by atoms with van der Waals surface area (Å²) in [6, 6.07) is 3.73. The molecular formula is C18H28N2O4. The molecule has 6 nitrogen and oxygen atoms in total. The van der Waals surface area contributed by atoms with Crippen molar-refractivity contribution in [2.75, 3.05) is 27.9 Å². The highest BCUT2D eigenvalue weighted by atomic mass is 16.5. The highest BCUT2D eigenvalue weighted by Crippen LogP contribution is 2.40. The molecule has 0 aliphatic heterocycles. The minimum atomic E-state index is -0.210. The molecule has 24 heavy (non-hydrogen) atoms. The van der Waals surface area contributed by atoms with Crippen LogP contribution in [0, 0.1) is 0 Å². The number of nitrogens with two attached hydrogens (primary N) is 1. The lowest BCUT2D eigenvalue weighted by atomic mass is 9.97. The van der Waals surface area contributed by atoms with Gasteiger partial charge in [0.05, 0.1) is 26.9 Å². The number of hydrogen-bond donors (Lipinski definition) is 2. The van der Waals surface area contributed by atoms with Gasteiger partial charge in [-0.2, -0.15) is 0 Å². The quantitative estimate of drug-likeness (QED) is 0.759. The number of ether oxygens (including phenoxy) is 3. The van der Waals surface area contributed by atoms with Gasteiger partial charge in [0.1, 0.15) is 0 Å². The molecule has 1 aromatic carbocycles. The lowest BCUT2D eigenvalue weighted by molar-refractivity contribution is -0.122. The molecule has 0 atom stereocenters. The van der Waals surface area contributed by atoms with Crippen molar-refractivity contribution in [2.45, 2.75) is 44.1 Å². The van der Waals surface area contributed by atoms with Gasteiger partial charge in [-0.3, -0.25) is 4.79 Å². The SMILES string of the molecule is COc1ccc(CCC(=O)NC2(CN)CCCC2)c(OC)c1OC. The normalized spacial score (nSPS) is 15.8. The molecule has 3 N–H and O–H groups in total. The van der Waals surface area contributed by atoms with Crippen LogP contribution in [0.3, 0.4) is 0 Å². The zero-order valence-corrected chi connectivity index (χ0v) is 14.8. The molecule has 0 bridgehead atoms. The van der Waals surface area contributed by atoms with E-state index in [0.717, 1.165) is 31.2 Å². The van der Waals surface area contributed by atoms with Gasteiger partial charge >= 0.3 is 0 Å². The van der Waals surface area contributed by atoms with Crippen LogP contribution < -0.4 is 25.3 Å². The Kier molecular flexibility index (Phi) is 6.31. The smallest absolute Gasteiger partial charge is 0.220 e. The van der Waals surface area contributed by atoms with Crippen molar-refractivity contribution in [1.82, 2.24) is 5.32 Å². The number of carbonyl (C=O) groups excluding carboxylic acids is 1. The standard InChI is InChI=1S/C18H28N2O4/c1-22-14-8-6-13(16(23-2)17(14)24-3)7-9-15(21)20-18(12-19)10-4-5-11-18/h6,8H,4-5,7,9-12,19H2,1-3H3,(H,20,21). The molecule has 0 heterocycles. The summed E-state index contributed by atoms with van der Waals surface area (Å²) in [6.07, 6.45) is 5.13. The van der Waals surface area contributed by atoms with Crippen LogP contribution in [0.25, 0.3) is 0 Å². The summed E-state index contributed by atoms with van der Waals surface area (Å²) < 4.78 is 16.1. The second-order valence-corrected chi connectivity index (χ2v) is 6.23. The number of rotatable bonds is 8. The van der Waals surface area contributed by atoms with Gasteiger partial charge in [-0.1, -0.05) is 18.9 Å². The van der Waals surface area contributed by atoms with Crippen molar-refractivity contribution in [1.29, 1.82) is 0 Å². The predicted molar refractivity (Wildman–Crippen MR) is 92.8 cm³/mol. The first-order valence-electron chi connectivity index (χ1n) is 8.38. The summed E-state index contributed by atoms with van der Waals surface area (Å²) >= 11 is 0. The van der Waals surface area contributed by atoms with E-state index in [1.54, 1.807) is 21.3 Å². The van der Waals surface area contributed by atoms with E-state index in [2.05, 4.69) is 5.32 Å². The summed E-state index contributed by atoms with van der Waals surface area (Å²) in [5.74, 6) is 1.79. The summed E-state index contributed by atoms with van der Waals surface area (Å²) in [5.41, 5.74) is 6.58. The Balaban J connectivity index is 2.04. The Bertz CT molecular complexity index is 568. The third-order valence-electron chi connectivity index (χ3n) is 4.76. The van der Waals surface area contributed by atoms with Crippen LogP contribution >= 0.6 is 0 Å². The van der Waals surface area contributed by atoms with Gasteiger partial charge in [-0.05, 0) is 30.9 Å². The number of aryl methyl sites for hydroxylation is 1. The number of nitrogens with one attached hydrogen (secondary N) is 1. The average Bonchev–Trinajstić information content (AvgIpc) is 3.07. The van der Waals surface area contributed by atoms with E-state index in [1.807, 2.05) is 12.1 Å². The lowest BCUT2D eigenvalue weighted by Crippen LogP contribution is -2.51. The van der Waals surface area contributed by atoms with Crippen LogP contribution in [-0.4, -0.2) is 39.3 Å². The minimum Gasteiger partial charge on any atom is -0.493 e. The second kappa shape index (κ2) is 8.24. The molecule has 134 valence electrons. The maximum Gasteiger partial charge on any atom is 0.220 e. The number of carbonyl (C=O) groups is 1. The molecule has 1 aliphatic carbocycles. The monoisotopic (exact) mass is 336 g/mol. The van der Waals surface area contributed by atoms with Gasteiger partial charge in [0.15, 0.2) is 11.5 Å². The summed E-state index contributed by atoms with van der Waals surface area (Å²) in [5, 5.41) is 3.14. The fourth-order valence-electron chi connectivity index (χ4n) is 3.40. The zero-order valence-electron chi connectivity index (χ0n) is 14.8. The third kappa shape index (κ3) is 3.93. The molecule has 1 saturated carbocycles. The average molecular weight is 336 g/mol. The van der Waals surface area contributed by atoms with Gasteiger partial charge in [-0.25, -0.2) is 0 Å². The zero-order chi connectivity index (χ0) is 17.6. The maximum absolute atomic E-state index is 12.4. The van der Waals surface area contributed by atoms with E-state index in [4.69, 9.17) is 19.9 Å². The van der Waals surface area contributed by atoms with Crippen molar-refractivity contribution >= 4 is 5.91 Å². The molecule has 1 fully saturated rings. The minimum absolute atomic E-state index is 0.0270. The largest absolute Gasteiger partial charge is 0.493 e. The summed E-state index contributed by atoms with van der Waals surface area (Å²) in [6.45, 7) is 0.498. The molecule has 0 saturated heterocycles. The van der Waals surface area contributed by atoms with Crippen molar-refractivity contribution in [3.05, 3.63) is 17.7 Å². The predicted octanol–water partition coefficient (Wildman–Crippen LogP) is 2.03. The molecule has 1 aliphatic rings. The van der Waals surface area contributed by atoms with E-state index in [0.29, 0.717) is 36.6 Å². The van der Waals surface area contributed by atoms with Crippen LogP contribution in [0.2, 0.25) is 0 Å². The first-order chi connectivity index (χ1) is 11.6. The van der Waals surface area contributed by atoms with Crippen molar-refractivity contribution in [3.8, 4) is 17.2 Å². The van der Waals surface area contributed by atoms with Gasteiger partial charge in [0.2, 0.25) is 11.7 Å². The second-order valence-electron chi connectivity index (χ2n) is 6.23. The summed E-state index contributed by atoms with van der Waals surface area (Å²) in [4.78, 5) is 12.4. The lowest BCUT2D eigenvalue weighted by Gasteiger charge is -2.28. The van der Waals surface area contributed by atoms with Crippen LogP contribution in [0.1, 0.15) is 37.7 Å². The van der Waals surface area contributed by atoms with E-state index < -0.39 is 0 Å². The van der Waals surface area contributed by atoms with Crippen LogP contribution in [0.15, 0.2) is 12.1 Å². The molecule has 1 aromatic rings. The van der Waals surface area contributed by atoms with Gasteiger partial charge < -0.3 is 25.3 Å². The van der Waals surface area contributed by atoms with E-state index in [1.165, 1.54) is 0 Å². The Labute approximate surface area is 143 Å². The number of benzene rings is 1. The highest BCUT2D eigenvalue weighted by Gasteiger charge is 2.33. The fraction of sp³-hybridized carbons (Fsp3) is 0.611. The summed E-state index contributed by atoms with van der Waals surface area (Å²) in [7, 11) is 4.74. The maximum atomic E-state index is 12.4. The first-order valence-corrected chi connectivity index (χ1v) is 8.38. The number of amides is 1. The fourth-order valence-corrected chi connectivity index (χ4v) is 3.40. The van der Waals surface area contributed by atoms with Crippen molar-refractivity contribution in [3.63, 3.8) is 0 Å². The van der Waals surface area contributed by atoms with Crippen molar-refractivity contribution in [2.24, 2.45) is 5.73 Å². The van der Waals surface area contributed by atoms with Gasteiger partial charge in [-0.15, -0.1) is 0 Å². The molecule has 1 amide bonds. The van der Waals surface area contributed by atoms with E-state index in [9.17, 15) is 4.79 Å². The van der Waals surface area contributed by atoms with Gasteiger partial charge in [0.25, 0.3) is 0 Å². The van der Waals surface area contributed by atoms with Crippen LogP contribution in [-0.2, 0) is 11.2 Å². The number of hydrogen-bond acceptors (Lipinski definition) is 5. The molecule has 0 radical (unpaired) electrons. The van der Waals surface area contributed by atoms with E-state index in [-0.39, 0.29) is 11.4 Å². The molecule has 0 aromatic heterocycles. The Morgan fingerprint density at radius 1 is 1.12 bits per heavy atom.